The Morgan fingerprint density at radius 1 is 1.11 bits per heavy atom. The van der Waals surface area contributed by atoms with E-state index in [-0.39, 0.29) is 17.3 Å². The van der Waals surface area contributed by atoms with Crippen molar-refractivity contribution in [3.8, 4) is 5.75 Å². The van der Waals surface area contributed by atoms with Crippen molar-refractivity contribution in [3.05, 3.63) is 48.7 Å². The van der Waals surface area contributed by atoms with Crippen molar-refractivity contribution in [2.45, 2.75) is 4.90 Å². The summed E-state index contributed by atoms with van der Waals surface area (Å²) in [5.41, 5.74) is 0. The van der Waals surface area contributed by atoms with Crippen LogP contribution in [0.5, 0.6) is 5.75 Å². The maximum atomic E-state index is 12.4. The van der Waals surface area contributed by atoms with Gasteiger partial charge in [0.15, 0.2) is 0 Å². The molecule has 0 aliphatic carbocycles. The minimum atomic E-state index is -3.75. The predicted molar refractivity (Wildman–Crippen MR) is 101 cm³/mol. The summed E-state index contributed by atoms with van der Waals surface area (Å²) in [5, 5.41) is 0. The summed E-state index contributed by atoms with van der Waals surface area (Å²) in [6.45, 7) is 2.11. The van der Waals surface area contributed by atoms with Crippen LogP contribution >= 0.6 is 0 Å². The van der Waals surface area contributed by atoms with E-state index in [1.807, 2.05) is 18.2 Å². The molecule has 1 aliphatic heterocycles. The van der Waals surface area contributed by atoms with Crippen LogP contribution in [0.25, 0.3) is 0 Å². The number of carbonyl (C=O) groups is 1. The van der Waals surface area contributed by atoms with Crippen LogP contribution in [0.1, 0.15) is 0 Å². The first-order chi connectivity index (χ1) is 13.0. The molecule has 2 aromatic rings. The first-order valence-electron chi connectivity index (χ1n) is 8.57. The van der Waals surface area contributed by atoms with E-state index in [4.69, 9.17) is 4.74 Å². The number of anilines is 1. The first-order valence-corrected chi connectivity index (χ1v) is 10.1. The van der Waals surface area contributed by atoms with E-state index in [1.54, 1.807) is 23.2 Å². The highest BCUT2D eigenvalue weighted by molar-refractivity contribution is 7.89. The third-order valence-corrected chi connectivity index (χ3v) is 5.81. The summed E-state index contributed by atoms with van der Waals surface area (Å²) < 4.78 is 32.0. The normalized spacial score (nSPS) is 14.9. The molecule has 1 amide bonds. The Hall–Kier alpha value is -2.65. The molecule has 1 aliphatic rings. The number of ether oxygens (including phenoxy) is 1. The highest BCUT2D eigenvalue weighted by Gasteiger charge is 2.23. The smallest absolute Gasteiger partial charge is 0.241 e. The molecule has 27 heavy (non-hydrogen) atoms. The molecule has 0 bridgehead atoms. The van der Waals surface area contributed by atoms with Gasteiger partial charge in [0.2, 0.25) is 15.9 Å². The van der Waals surface area contributed by atoms with E-state index in [2.05, 4.69) is 14.6 Å². The van der Waals surface area contributed by atoms with Gasteiger partial charge in [-0.3, -0.25) is 4.79 Å². The monoisotopic (exact) mass is 390 g/mol. The Morgan fingerprint density at radius 3 is 2.41 bits per heavy atom. The van der Waals surface area contributed by atoms with Crippen molar-refractivity contribution in [1.82, 2.24) is 14.6 Å². The van der Waals surface area contributed by atoms with Gasteiger partial charge in [0, 0.05) is 32.4 Å². The molecular weight excluding hydrogens is 368 g/mol. The Morgan fingerprint density at radius 2 is 1.81 bits per heavy atom. The van der Waals surface area contributed by atoms with E-state index < -0.39 is 10.0 Å². The fraction of sp³-hybridized carbons (Fsp3) is 0.333. The molecule has 8 nitrogen and oxygen atoms in total. The van der Waals surface area contributed by atoms with Gasteiger partial charge in [-0.2, -0.15) is 0 Å². The first kappa shape index (κ1) is 19.1. The van der Waals surface area contributed by atoms with Crippen LogP contribution in [0.2, 0.25) is 0 Å². The number of amides is 1. The second kappa shape index (κ2) is 8.36. The molecule has 1 aromatic heterocycles. The van der Waals surface area contributed by atoms with Gasteiger partial charge in [0.05, 0.1) is 18.6 Å². The van der Waals surface area contributed by atoms with Gasteiger partial charge in [-0.15, -0.1) is 0 Å². The van der Waals surface area contributed by atoms with Crippen molar-refractivity contribution >= 4 is 21.7 Å². The molecule has 1 aromatic carbocycles. The quantitative estimate of drug-likeness (QED) is 0.781. The molecule has 1 saturated heterocycles. The average Bonchev–Trinajstić information content (AvgIpc) is 2.73. The van der Waals surface area contributed by atoms with Crippen LogP contribution in [0.4, 0.5) is 5.82 Å². The molecular formula is C18H22N4O4S. The van der Waals surface area contributed by atoms with Gasteiger partial charge in [-0.05, 0) is 36.4 Å². The predicted octanol–water partition coefficient (Wildman–Crippen LogP) is 0.717. The Kier molecular flexibility index (Phi) is 5.92. The number of benzene rings is 1. The maximum Gasteiger partial charge on any atom is 0.241 e. The largest absolute Gasteiger partial charge is 0.497 e. The number of piperazine rings is 1. The van der Waals surface area contributed by atoms with Gasteiger partial charge in [-0.25, -0.2) is 18.1 Å². The van der Waals surface area contributed by atoms with E-state index in [1.165, 1.54) is 19.2 Å². The van der Waals surface area contributed by atoms with Crippen LogP contribution in [0, 0.1) is 0 Å². The molecule has 0 atom stereocenters. The molecule has 2 heterocycles. The van der Waals surface area contributed by atoms with Crippen molar-refractivity contribution in [2.24, 2.45) is 0 Å². The summed E-state index contributed by atoms with van der Waals surface area (Å²) in [5.74, 6) is 1.20. The van der Waals surface area contributed by atoms with Gasteiger partial charge in [0.25, 0.3) is 0 Å². The summed E-state index contributed by atoms with van der Waals surface area (Å²) in [4.78, 5) is 20.5. The van der Waals surface area contributed by atoms with Crippen molar-refractivity contribution in [1.29, 1.82) is 0 Å². The second-order valence-corrected chi connectivity index (χ2v) is 7.82. The van der Waals surface area contributed by atoms with Crippen LogP contribution in [-0.4, -0.2) is 64.0 Å². The van der Waals surface area contributed by atoms with E-state index in [9.17, 15) is 13.2 Å². The number of hydrogen-bond donors (Lipinski definition) is 1. The molecule has 0 saturated carbocycles. The minimum Gasteiger partial charge on any atom is -0.497 e. The number of nitrogens with zero attached hydrogens (tertiary/aromatic N) is 3. The number of aromatic nitrogens is 1. The Balaban J connectivity index is 1.52. The third kappa shape index (κ3) is 4.75. The number of nitrogens with one attached hydrogen (secondary N) is 1. The Bertz CT molecular complexity index is 864. The summed E-state index contributed by atoms with van der Waals surface area (Å²) >= 11 is 0. The zero-order chi connectivity index (χ0) is 19.3. The highest BCUT2D eigenvalue weighted by atomic mass is 32.2. The lowest BCUT2D eigenvalue weighted by atomic mass is 10.3. The average molecular weight is 390 g/mol. The lowest BCUT2D eigenvalue weighted by Crippen LogP contribution is -2.51. The summed E-state index contributed by atoms with van der Waals surface area (Å²) in [6, 6.07) is 11.7. The van der Waals surface area contributed by atoms with E-state index in [0.717, 1.165) is 5.82 Å². The molecule has 0 unspecified atom stereocenters. The SMILES string of the molecule is COc1ccc(S(=O)(=O)NCC(=O)N2CCN(c3ccccn3)CC2)cc1. The fourth-order valence-corrected chi connectivity index (χ4v) is 3.81. The minimum absolute atomic E-state index is 0.0936. The number of sulfonamides is 1. The third-order valence-electron chi connectivity index (χ3n) is 4.39. The highest BCUT2D eigenvalue weighted by Crippen LogP contribution is 2.15. The number of methoxy groups -OCH3 is 1. The molecule has 3 rings (SSSR count). The van der Waals surface area contributed by atoms with Gasteiger partial charge in [0.1, 0.15) is 11.6 Å². The van der Waals surface area contributed by atoms with Gasteiger partial charge in [-0.1, -0.05) is 6.07 Å². The zero-order valence-corrected chi connectivity index (χ0v) is 15.9. The second-order valence-electron chi connectivity index (χ2n) is 6.06. The Labute approximate surface area is 158 Å². The van der Waals surface area contributed by atoms with Gasteiger partial charge >= 0.3 is 0 Å². The van der Waals surface area contributed by atoms with Crippen LogP contribution in [0.15, 0.2) is 53.6 Å². The lowest BCUT2D eigenvalue weighted by molar-refractivity contribution is -0.130. The number of carbonyl (C=O) groups excluding carboxylic acids is 1. The van der Waals surface area contributed by atoms with Crippen molar-refractivity contribution < 1.29 is 17.9 Å². The van der Waals surface area contributed by atoms with E-state index in [0.29, 0.717) is 31.9 Å². The van der Waals surface area contributed by atoms with Crippen LogP contribution < -0.4 is 14.4 Å². The molecule has 0 radical (unpaired) electrons. The molecule has 9 heteroatoms. The topological polar surface area (TPSA) is 91.8 Å². The van der Waals surface area contributed by atoms with E-state index >= 15 is 0 Å². The molecule has 0 spiro atoms. The molecule has 144 valence electrons. The number of hydrogen-bond acceptors (Lipinski definition) is 6. The van der Waals surface area contributed by atoms with Gasteiger partial charge < -0.3 is 14.5 Å². The molecule has 1 N–H and O–H groups in total. The number of rotatable bonds is 6. The van der Waals surface area contributed by atoms with Crippen molar-refractivity contribution in [3.63, 3.8) is 0 Å². The summed E-state index contributed by atoms with van der Waals surface area (Å²) in [6.07, 6.45) is 1.74. The fourth-order valence-electron chi connectivity index (χ4n) is 2.83. The maximum absolute atomic E-state index is 12.4. The number of pyridine rings is 1. The standard InChI is InChI=1S/C18H22N4O4S/c1-26-15-5-7-16(8-6-15)27(24,25)20-14-18(23)22-12-10-21(11-13-22)17-4-2-3-9-19-17/h2-9,20H,10-14H2,1H3. The molecule has 1 fully saturated rings. The lowest BCUT2D eigenvalue weighted by Gasteiger charge is -2.35. The van der Waals surface area contributed by atoms with Crippen LogP contribution in [-0.2, 0) is 14.8 Å². The van der Waals surface area contributed by atoms with Crippen LogP contribution in [0.3, 0.4) is 0 Å². The van der Waals surface area contributed by atoms with Crippen molar-refractivity contribution in [2.75, 3.05) is 44.7 Å². The summed E-state index contributed by atoms with van der Waals surface area (Å²) in [7, 11) is -2.24. The zero-order valence-electron chi connectivity index (χ0n) is 15.0.